The molecule has 0 saturated carbocycles. The molecule has 3 rings (SSSR count). The van der Waals surface area contributed by atoms with Crippen LogP contribution in [0, 0.1) is 11.6 Å². The van der Waals surface area contributed by atoms with Gasteiger partial charge in [-0.25, -0.2) is 13.6 Å². The van der Waals surface area contributed by atoms with Gasteiger partial charge in [0.25, 0.3) is 0 Å². The van der Waals surface area contributed by atoms with E-state index in [0.29, 0.717) is 30.9 Å². The molecule has 0 aromatic heterocycles. The normalized spacial score (nSPS) is 13.3. The minimum absolute atomic E-state index is 0.0147. The quantitative estimate of drug-likeness (QED) is 0.146. The van der Waals surface area contributed by atoms with Gasteiger partial charge in [-0.3, -0.25) is 4.79 Å². The van der Waals surface area contributed by atoms with Crippen LogP contribution in [0.15, 0.2) is 66.7 Å². The topological polar surface area (TPSA) is 78.4 Å². The third-order valence-corrected chi connectivity index (χ3v) is 6.68. The predicted octanol–water partition coefficient (Wildman–Crippen LogP) is 7.52. The van der Waals surface area contributed by atoms with E-state index in [1.165, 1.54) is 6.07 Å². The Morgan fingerprint density at radius 1 is 0.767 bits per heavy atom. The number of benzene rings is 3. The molecule has 3 N–H and O–H groups in total. The van der Waals surface area contributed by atoms with E-state index >= 15 is 0 Å². The maximum absolute atomic E-state index is 14.9. The van der Waals surface area contributed by atoms with Gasteiger partial charge < -0.3 is 15.7 Å². The molecule has 0 radical (unpaired) electrons. The number of halogens is 8. The van der Waals surface area contributed by atoms with Crippen LogP contribution in [0.4, 0.5) is 39.9 Å². The largest absolute Gasteiger partial charge is 0.481 e. The minimum atomic E-state index is -5.02. The number of alkyl halides is 6. The Kier molecular flexibility index (Phi) is 10.8. The van der Waals surface area contributed by atoms with Crippen molar-refractivity contribution in [1.29, 1.82) is 0 Å². The Labute approximate surface area is 241 Å². The van der Waals surface area contributed by atoms with Crippen molar-refractivity contribution in [2.45, 2.75) is 56.4 Å². The van der Waals surface area contributed by atoms with Crippen LogP contribution in [0.1, 0.15) is 53.5 Å². The lowest BCUT2D eigenvalue weighted by Gasteiger charge is -2.37. The summed E-state index contributed by atoms with van der Waals surface area (Å²) in [5.41, 5.74) is -3.49. The second kappa shape index (κ2) is 13.9. The highest BCUT2D eigenvalue weighted by atomic mass is 19.4. The lowest BCUT2D eigenvalue weighted by Crippen LogP contribution is -2.53. The molecule has 0 saturated heterocycles. The average molecular weight is 617 g/mol. The summed E-state index contributed by atoms with van der Waals surface area (Å²) in [7, 11) is 0. The number of hydrogen-bond acceptors (Lipinski definition) is 2. The van der Waals surface area contributed by atoms with Crippen molar-refractivity contribution in [3.8, 4) is 0 Å². The summed E-state index contributed by atoms with van der Waals surface area (Å²) in [6.07, 6.45) is -9.11. The van der Waals surface area contributed by atoms with Gasteiger partial charge in [0, 0.05) is 12.8 Å². The SMILES string of the molecule is O=C(O)CCCCCc1cc([C@@](Cc2ccccc2)(NC(=O)NCC(F)(F)F)c2cc(F)cc(C(F)(F)F)c2)ccc1F. The number of urea groups is 1. The number of unbranched alkanes of at least 4 members (excludes halogenated alkanes) is 2. The fourth-order valence-corrected chi connectivity index (χ4v) is 4.68. The number of aryl methyl sites for hydroxylation is 1. The predicted molar refractivity (Wildman–Crippen MR) is 141 cm³/mol. The fraction of sp³-hybridized carbons (Fsp3) is 0.333. The fourth-order valence-electron chi connectivity index (χ4n) is 4.68. The summed E-state index contributed by atoms with van der Waals surface area (Å²) >= 11 is 0. The van der Waals surface area contributed by atoms with Gasteiger partial charge in [0.2, 0.25) is 0 Å². The number of carboxylic acids is 1. The van der Waals surface area contributed by atoms with Crippen molar-refractivity contribution < 1.29 is 49.8 Å². The van der Waals surface area contributed by atoms with Crippen LogP contribution in [0.25, 0.3) is 0 Å². The molecule has 0 spiro atoms. The molecule has 0 aliphatic heterocycles. The van der Waals surface area contributed by atoms with Gasteiger partial charge in [-0.1, -0.05) is 48.9 Å². The molecule has 43 heavy (non-hydrogen) atoms. The van der Waals surface area contributed by atoms with Crippen LogP contribution in [0.3, 0.4) is 0 Å². The van der Waals surface area contributed by atoms with Gasteiger partial charge in [-0.15, -0.1) is 0 Å². The van der Waals surface area contributed by atoms with Crippen LogP contribution in [-0.2, 0) is 29.4 Å². The molecule has 3 aromatic carbocycles. The van der Waals surface area contributed by atoms with Crippen molar-refractivity contribution in [3.05, 3.63) is 106 Å². The molecule has 0 unspecified atom stereocenters. The molecular formula is C30H28F8N2O3. The van der Waals surface area contributed by atoms with E-state index in [4.69, 9.17) is 5.11 Å². The molecule has 0 bridgehead atoms. The second-order valence-electron chi connectivity index (χ2n) is 9.98. The zero-order chi connectivity index (χ0) is 31.8. The van der Waals surface area contributed by atoms with Gasteiger partial charge in [-0.2, -0.15) is 26.3 Å². The van der Waals surface area contributed by atoms with Crippen molar-refractivity contribution in [3.63, 3.8) is 0 Å². The molecule has 5 nitrogen and oxygen atoms in total. The van der Waals surface area contributed by atoms with Gasteiger partial charge in [0.05, 0.1) is 11.1 Å². The Bertz CT molecular complexity index is 1410. The number of carbonyl (C=O) groups excluding carboxylic acids is 1. The van der Waals surface area contributed by atoms with Crippen LogP contribution < -0.4 is 10.6 Å². The van der Waals surface area contributed by atoms with Gasteiger partial charge in [-0.05, 0) is 65.8 Å². The lowest BCUT2D eigenvalue weighted by atomic mass is 9.76. The Morgan fingerprint density at radius 3 is 2.07 bits per heavy atom. The molecular weight excluding hydrogens is 588 g/mol. The summed E-state index contributed by atoms with van der Waals surface area (Å²) in [5.74, 6) is -3.02. The molecule has 0 aliphatic carbocycles. The monoisotopic (exact) mass is 616 g/mol. The number of aliphatic carboxylic acids is 1. The van der Waals surface area contributed by atoms with E-state index in [2.05, 4.69) is 5.32 Å². The molecule has 3 aromatic rings. The number of carbonyl (C=O) groups is 2. The molecule has 0 heterocycles. The summed E-state index contributed by atoms with van der Waals surface area (Å²) < 4.78 is 110. The summed E-state index contributed by atoms with van der Waals surface area (Å²) in [6, 6.07) is 11.5. The summed E-state index contributed by atoms with van der Waals surface area (Å²) in [5, 5.41) is 12.8. The van der Waals surface area contributed by atoms with Gasteiger partial charge in [0.15, 0.2) is 0 Å². The van der Waals surface area contributed by atoms with Crippen LogP contribution >= 0.6 is 0 Å². The van der Waals surface area contributed by atoms with Crippen LogP contribution in [0.2, 0.25) is 0 Å². The Morgan fingerprint density at radius 2 is 1.44 bits per heavy atom. The second-order valence-corrected chi connectivity index (χ2v) is 9.98. The number of rotatable bonds is 12. The number of nitrogens with one attached hydrogen (secondary N) is 2. The minimum Gasteiger partial charge on any atom is -0.481 e. The highest BCUT2D eigenvalue weighted by molar-refractivity contribution is 5.76. The van der Waals surface area contributed by atoms with E-state index in [0.717, 1.165) is 18.2 Å². The zero-order valence-corrected chi connectivity index (χ0v) is 22.6. The zero-order valence-electron chi connectivity index (χ0n) is 22.6. The first-order chi connectivity index (χ1) is 20.1. The highest BCUT2D eigenvalue weighted by Crippen LogP contribution is 2.39. The molecule has 1 atom stereocenters. The maximum atomic E-state index is 14.9. The number of carboxylic acid groups (broad SMARTS) is 1. The molecule has 0 aliphatic rings. The molecule has 0 fully saturated rings. The maximum Gasteiger partial charge on any atom is 0.416 e. The van der Waals surface area contributed by atoms with Crippen LogP contribution in [0.5, 0.6) is 0 Å². The Balaban J connectivity index is 2.20. The van der Waals surface area contributed by atoms with Crippen LogP contribution in [-0.4, -0.2) is 29.8 Å². The highest BCUT2D eigenvalue weighted by Gasteiger charge is 2.41. The van der Waals surface area contributed by atoms with E-state index in [-0.39, 0.29) is 36.5 Å². The first-order valence-electron chi connectivity index (χ1n) is 13.1. The van der Waals surface area contributed by atoms with E-state index in [1.54, 1.807) is 35.6 Å². The number of amides is 2. The van der Waals surface area contributed by atoms with Crippen molar-refractivity contribution in [2.75, 3.05) is 6.54 Å². The average Bonchev–Trinajstić information content (AvgIpc) is 2.91. The molecule has 13 heteroatoms. The smallest absolute Gasteiger partial charge is 0.416 e. The van der Waals surface area contributed by atoms with E-state index in [1.807, 2.05) is 0 Å². The third kappa shape index (κ3) is 9.69. The van der Waals surface area contributed by atoms with E-state index < -0.39 is 59.2 Å². The molecule has 2 amide bonds. The summed E-state index contributed by atoms with van der Waals surface area (Å²) in [4.78, 5) is 23.7. The Hall–Kier alpha value is -4.16. The standard InChI is InChI=1S/C30H28F8N2O3/c31-24-15-22(14-23(16-24)30(36,37)38)28(17-19-7-3-1-4-8-19,40-27(43)39-18-29(33,34)35)21-11-12-25(32)20(13-21)9-5-2-6-10-26(41)42/h1,3-4,7-8,11-16H,2,5-6,9-10,17-18H2,(H,41,42)(H2,39,40,43)/t28-/m1/s1. The van der Waals surface area contributed by atoms with Gasteiger partial charge in [0.1, 0.15) is 18.2 Å². The number of hydrogen-bond donors (Lipinski definition) is 3. The van der Waals surface area contributed by atoms with Crippen molar-refractivity contribution >= 4 is 12.0 Å². The van der Waals surface area contributed by atoms with E-state index in [9.17, 15) is 44.7 Å². The van der Waals surface area contributed by atoms with Gasteiger partial charge >= 0.3 is 24.4 Å². The summed E-state index contributed by atoms with van der Waals surface area (Å²) in [6.45, 7) is -1.76. The first kappa shape index (κ1) is 33.3. The first-order valence-corrected chi connectivity index (χ1v) is 13.1. The van der Waals surface area contributed by atoms with Crippen molar-refractivity contribution in [1.82, 2.24) is 10.6 Å². The lowest BCUT2D eigenvalue weighted by molar-refractivity contribution is -0.138. The third-order valence-electron chi connectivity index (χ3n) is 6.68. The molecule has 232 valence electrons. The van der Waals surface area contributed by atoms with Crippen molar-refractivity contribution in [2.24, 2.45) is 0 Å².